The van der Waals surface area contributed by atoms with Crippen LogP contribution in [0.5, 0.6) is 5.75 Å². The number of hydrogen-bond acceptors (Lipinski definition) is 2. The first kappa shape index (κ1) is 11.4. The number of fused-ring (bicyclic) bond motifs is 1. The second-order valence-corrected chi connectivity index (χ2v) is 3.74. The molecule has 0 radical (unpaired) electrons. The SMILES string of the molecule is COc1ccc2c(ccn2CCCN=[N+]=[N-])c1. The van der Waals surface area contributed by atoms with Crippen molar-refractivity contribution in [1.82, 2.24) is 4.57 Å². The molecule has 17 heavy (non-hydrogen) atoms. The average Bonchev–Trinajstić information content (AvgIpc) is 2.77. The van der Waals surface area contributed by atoms with E-state index in [2.05, 4.69) is 20.7 Å². The quantitative estimate of drug-likeness (QED) is 0.336. The molecular formula is C12H14N4O. The lowest BCUT2D eigenvalue weighted by atomic mass is 10.2. The summed E-state index contributed by atoms with van der Waals surface area (Å²) in [6.07, 6.45) is 2.89. The molecule has 0 aliphatic carbocycles. The number of ether oxygens (including phenoxy) is 1. The highest BCUT2D eigenvalue weighted by Gasteiger charge is 2.01. The number of methoxy groups -OCH3 is 1. The molecule has 1 aromatic heterocycles. The van der Waals surface area contributed by atoms with Crippen LogP contribution in [0, 0.1) is 0 Å². The first-order valence-electron chi connectivity index (χ1n) is 5.49. The van der Waals surface area contributed by atoms with Gasteiger partial charge in [0.1, 0.15) is 5.75 Å². The topological polar surface area (TPSA) is 62.9 Å². The predicted octanol–water partition coefficient (Wildman–Crippen LogP) is 3.35. The summed E-state index contributed by atoms with van der Waals surface area (Å²) in [4.78, 5) is 2.74. The molecule has 0 spiro atoms. The van der Waals surface area contributed by atoms with Gasteiger partial charge in [-0.2, -0.15) is 0 Å². The van der Waals surface area contributed by atoms with Crippen LogP contribution in [-0.4, -0.2) is 18.2 Å². The van der Waals surface area contributed by atoms with Crippen molar-refractivity contribution in [3.63, 3.8) is 0 Å². The minimum atomic E-state index is 0.534. The van der Waals surface area contributed by atoms with Gasteiger partial charge in [-0.1, -0.05) is 5.11 Å². The molecule has 0 bridgehead atoms. The van der Waals surface area contributed by atoms with Crippen molar-refractivity contribution >= 4 is 10.9 Å². The summed E-state index contributed by atoms with van der Waals surface area (Å²) in [7, 11) is 1.66. The zero-order valence-corrected chi connectivity index (χ0v) is 9.71. The molecule has 2 aromatic rings. The normalized spacial score (nSPS) is 10.2. The van der Waals surface area contributed by atoms with Crippen LogP contribution in [0.2, 0.25) is 0 Å². The summed E-state index contributed by atoms with van der Waals surface area (Å²) in [6.45, 7) is 1.39. The highest BCUT2D eigenvalue weighted by atomic mass is 16.5. The van der Waals surface area contributed by atoms with Crippen molar-refractivity contribution in [2.45, 2.75) is 13.0 Å². The maximum Gasteiger partial charge on any atom is 0.119 e. The Morgan fingerprint density at radius 3 is 3.06 bits per heavy atom. The molecule has 1 aromatic carbocycles. The van der Waals surface area contributed by atoms with Gasteiger partial charge in [0.15, 0.2) is 0 Å². The van der Waals surface area contributed by atoms with Crippen molar-refractivity contribution < 1.29 is 4.74 Å². The smallest absolute Gasteiger partial charge is 0.119 e. The minimum Gasteiger partial charge on any atom is -0.497 e. The van der Waals surface area contributed by atoms with Crippen LogP contribution in [0.4, 0.5) is 0 Å². The molecule has 0 aliphatic heterocycles. The molecule has 1 heterocycles. The number of aromatic nitrogens is 1. The number of benzene rings is 1. The lowest BCUT2D eigenvalue weighted by molar-refractivity contribution is 0.415. The van der Waals surface area contributed by atoms with Crippen LogP contribution in [-0.2, 0) is 6.54 Å². The second-order valence-electron chi connectivity index (χ2n) is 3.74. The van der Waals surface area contributed by atoms with E-state index in [1.165, 1.54) is 5.52 Å². The third kappa shape index (κ3) is 2.52. The molecule has 0 saturated carbocycles. The zero-order chi connectivity index (χ0) is 12.1. The molecule has 0 atom stereocenters. The Balaban J connectivity index is 2.15. The van der Waals surface area contributed by atoms with Gasteiger partial charge in [-0.05, 0) is 36.2 Å². The number of hydrogen-bond donors (Lipinski definition) is 0. The molecule has 88 valence electrons. The highest BCUT2D eigenvalue weighted by Crippen LogP contribution is 2.21. The largest absolute Gasteiger partial charge is 0.497 e. The van der Waals surface area contributed by atoms with Crippen LogP contribution in [0.3, 0.4) is 0 Å². The fourth-order valence-corrected chi connectivity index (χ4v) is 1.86. The fourth-order valence-electron chi connectivity index (χ4n) is 1.86. The van der Waals surface area contributed by atoms with Gasteiger partial charge >= 0.3 is 0 Å². The van der Waals surface area contributed by atoms with E-state index in [9.17, 15) is 0 Å². The van der Waals surface area contributed by atoms with Crippen molar-refractivity contribution in [3.8, 4) is 5.75 Å². The number of rotatable bonds is 5. The van der Waals surface area contributed by atoms with Crippen molar-refractivity contribution in [3.05, 3.63) is 40.9 Å². The summed E-state index contributed by atoms with van der Waals surface area (Å²) in [5.41, 5.74) is 9.36. The zero-order valence-electron chi connectivity index (χ0n) is 9.71. The Bertz CT molecular complexity index is 555. The standard InChI is InChI=1S/C12H14N4O/c1-17-11-3-4-12-10(9-11)5-8-16(12)7-2-6-14-15-13/h3-5,8-9H,2,6-7H2,1H3. The van der Waals surface area contributed by atoms with Crippen molar-refractivity contribution in [2.24, 2.45) is 5.11 Å². The molecule has 5 nitrogen and oxygen atoms in total. The van der Waals surface area contributed by atoms with Gasteiger partial charge in [0.2, 0.25) is 0 Å². The van der Waals surface area contributed by atoms with Crippen LogP contribution < -0.4 is 4.74 Å². The molecule has 0 aliphatic rings. The Kier molecular flexibility index (Phi) is 3.52. The lowest BCUT2D eigenvalue weighted by Gasteiger charge is -2.04. The van der Waals surface area contributed by atoms with Crippen molar-refractivity contribution in [2.75, 3.05) is 13.7 Å². The van der Waals surface area contributed by atoms with Crippen LogP contribution in [0.15, 0.2) is 35.6 Å². The maximum absolute atomic E-state index is 8.19. The van der Waals surface area contributed by atoms with Crippen LogP contribution >= 0.6 is 0 Å². The van der Waals surface area contributed by atoms with Gasteiger partial charge in [0, 0.05) is 35.1 Å². The van der Waals surface area contributed by atoms with E-state index in [-0.39, 0.29) is 0 Å². The Labute approximate surface area is 99.2 Å². The molecule has 0 N–H and O–H groups in total. The van der Waals surface area contributed by atoms with E-state index in [1.807, 2.05) is 24.4 Å². The van der Waals surface area contributed by atoms with Gasteiger partial charge in [-0.15, -0.1) is 0 Å². The summed E-state index contributed by atoms with van der Waals surface area (Å²) in [5.74, 6) is 0.865. The molecule has 0 saturated heterocycles. The average molecular weight is 230 g/mol. The summed E-state index contributed by atoms with van der Waals surface area (Å²) in [6, 6.07) is 8.07. The predicted molar refractivity (Wildman–Crippen MR) is 67.1 cm³/mol. The molecule has 2 rings (SSSR count). The summed E-state index contributed by atoms with van der Waals surface area (Å²) < 4.78 is 7.33. The van der Waals surface area contributed by atoms with Gasteiger partial charge < -0.3 is 9.30 Å². The molecule has 5 heteroatoms. The first-order valence-corrected chi connectivity index (χ1v) is 5.49. The number of aryl methyl sites for hydroxylation is 1. The highest BCUT2D eigenvalue weighted by molar-refractivity contribution is 5.81. The van der Waals surface area contributed by atoms with E-state index in [0.29, 0.717) is 6.54 Å². The fraction of sp³-hybridized carbons (Fsp3) is 0.333. The van der Waals surface area contributed by atoms with E-state index >= 15 is 0 Å². The van der Waals surface area contributed by atoms with Crippen LogP contribution in [0.25, 0.3) is 21.3 Å². The molecule has 0 unspecified atom stereocenters. The van der Waals surface area contributed by atoms with E-state index in [4.69, 9.17) is 10.3 Å². The monoisotopic (exact) mass is 230 g/mol. The van der Waals surface area contributed by atoms with Crippen molar-refractivity contribution in [1.29, 1.82) is 0 Å². The lowest BCUT2D eigenvalue weighted by Crippen LogP contribution is -1.97. The Morgan fingerprint density at radius 2 is 2.29 bits per heavy atom. The van der Waals surface area contributed by atoms with Crippen LogP contribution in [0.1, 0.15) is 6.42 Å². The summed E-state index contributed by atoms with van der Waals surface area (Å²) in [5, 5.41) is 4.69. The second kappa shape index (κ2) is 5.27. The maximum atomic E-state index is 8.19. The molecule has 0 fully saturated rings. The summed E-state index contributed by atoms with van der Waals surface area (Å²) >= 11 is 0. The number of nitrogens with zero attached hydrogens (tertiary/aromatic N) is 4. The molecule has 0 amide bonds. The molecular weight excluding hydrogens is 216 g/mol. The van der Waals surface area contributed by atoms with E-state index in [0.717, 1.165) is 24.1 Å². The minimum absolute atomic E-state index is 0.534. The van der Waals surface area contributed by atoms with Gasteiger partial charge in [-0.3, -0.25) is 0 Å². The first-order chi connectivity index (χ1) is 8.35. The third-order valence-corrected chi connectivity index (χ3v) is 2.70. The van der Waals surface area contributed by atoms with E-state index in [1.54, 1.807) is 7.11 Å². The Morgan fingerprint density at radius 1 is 1.41 bits per heavy atom. The van der Waals surface area contributed by atoms with E-state index < -0.39 is 0 Å². The van der Waals surface area contributed by atoms with Gasteiger partial charge in [0.25, 0.3) is 0 Å². The third-order valence-electron chi connectivity index (χ3n) is 2.70. The van der Waals surface area contributed by atoms with Gasteiger partial charge in [-0.25, -0.2) is 0 Å². The van der Waals surface area contributed by atoms with Gasteiger partial charge in [0.05, 0.1) is 7.11 Å². The number of azide groups is 1. The Hall–Kier alpha value is -2.13.